The molecule has 0 aliphatic heterocycles. The molecular formula is C12H20BrN5. The summed E-state index contributed by atoms with van der Waals surface area (Å²) in [6.07, 6.45) is 8.08. The second kappa shape index (κ2) is 6.33. The first kappa shape index (κ1) is 13.5. The van der Waals surface area contributed by atoms with Crippen LogP contribution >= 0.6 is 15.9 Å². The highest BCUT2D eigenvalue weighted by Gasteiger charge is 2.24. The van der Waals surface area contributed by atoms with Gasteiger partial charge in [0.15, 0.2) is 0 Å². The molecule has 1 aliphatic carbocycles. The van der Waals surface area contributed by atoms with Crippen LogP contribution in [-0.4, -0.2) is 16.0 Å². The first-order chi connectivity index (χ1) is 8.74. The molecule has 1 fully saturated rings. The largest absolute Gasteiger partial charge is 0.366 e. The van der Waals surface area contributed by atoms with E-state index in [1.165, 1.54) is 32.1 Å². The number of anilines is 2. The number of rotatable bonds is 4. The Balaban J connectivity index is 2.11. The summed E-state index contributed by atoms with van der Waals surface area (Å²) in [5, 5.41) is 3.53. The monoisotopic (exact) mass is 313 g/mol. The highest BCUT2D eigenvalue weighted by molar-refractivity contribution is 9.10. The normalized spacial score (nSPS) is 23.7. The minimum Gasteiger partial charge on any atom is -0.366 e. The molecule has 1 heterocycles. The lowest BCUT2D eigenvalue weighted by atomic mass is 9.83. The van der Waals surface area contributed by atoms with Gasteiger partial charge in [0.05, 0.1) is 4.47 Å². The van der Waals surface area contributed by atoms with E-state index in [2.05, 4.69) is 43.6 Å². The Labute approximate surface area is 116 Å². The van der Waals surface area contributed by atoms with Gasteiger partial charge in [0.2, 0.25) is 5.95 Å². The Hall–Kier alpha value is -0.880. The third-order valence-electron chi connectivity index (χ3n) is 3.63. The molecule has 0 bridgehead atoms. The zero-order valence-electron chi connectivity index (χ0n) is 10.6. The van der Waals surface area contributed by atoms with Crippen LogP contribution in [0.3, 0.4) is 0 Å². The Morgan fingerprint density at radius 2 is 2.22 bits per heavy atom. The van der Waals surface area contributed by atoms with Gasteiger partial charge in [-0.1, -0.05) is 26.2 Å². The molecule has 2 unspecified atom stereocenters. The second-order valence-electron chi connectivity index (χ2n) is 4.74. The van der Waals surface area contributed by atoms with Crippen molar-refractivity contribution < 1.29 is 0 Å². The first-order valence-electron chi connectivity index (χ1n) is 6.50. The fraction of sp³-hybridized carbons (Fsp3) is 0.667. The molecule has 2 atom stereocenters. The van der Waals surface area contributed by atoms with Crippen LogP contribution < -0.4 is 16.6 Å². The Kier molecular flexibility index (Phi) is 4.77. The number of nitrogen functional groups attached to an aromatic ring is 1. The quantitative estimate of drug-likeness (QED) is 0.588. The van der Waals surface area contributed by atoms with E-state index in [4.69, 9.17) is 5.84 Å². The van der Waals surface area contributed by atoms with Gasteiger partial charge in [-0.3, -0.25) is 5.43 Å². The molecule has 18 heavy (non-hydrogen) atoms. The van der Waals surface area contributed by atoms with Gasteiger partial charge in [-0.25, -0.2) is 10.8 Å². The molecule has 1 saturated carbocycles. The van der Waals surface area contributed by atoms with Gasteiger partial charge in [-0.05, 0) is 34.7 Å². The zero-order chi connectivity index (χ0) is 13.0. The highest BCUT2D eigenvalue weighted by atomic mass is 79.9. The maximum atomic E-state index is 5.34. The molecule has 1 aromatic heterocycles. The van der Waals surface area contributed by atoms with Crippen molar-refractivity contribution in [1.82, 2.24) is 9.97 Å². The smallest absolute Gasteiger partial charge is 0.239 e. The number of aromatic nitrogens is 2. The van der Waals surface area contributed by atoms with E-state index in [0.29, 0.717) is 12.0 Å². The molecular weight excluding hydrogens is 294 g/mol. The third kappa shape index (κ3) is 3.11. The first-order valence-corrected chi connectivity index (χ1v) is 7.29. The number of hydrogen-bond donors (Lipinski definition) is 3. The molecule has 1 aliphatic rings. The Morgan fingerprint density at radius 1 is 1.44 bits per heavy atom. The average molecular weight is 314 g/mol. The summed E-state index contributed by atoms with van der Waals surface area (Å²) in [4.78, 5) is 8.40. The van der Waals surface area contributed by atoms with Crippen LogP contribution in [-0.2, 0) is 0 Å². The van der Waals surface area contributed by atoms with Crippen molar-refractivity contribution in [3.05, 3.63) is 10.7 Å². The van der Waals surface area contributed by atoms with Crippen molar-refractivity contribution >= 4 is 27.7 Å². The zero-order valence-corrected chi connectivity index (χ0v) is 12.2. The molecule has 1 aromatic rings. The van der Waals surface area contributed by atoms with Crippen LogP contribution in [0.5, 0.6) is 0 Å². The number of hydrogen-bond acceptors (Lipinski definition) is 5. The SMILES string of the molecule is CCC1CCCCC1Nc1nc(NN)ncc1Br. The van der Waals surface area contributed by atoms with Crippen molar-refractivity contribution in [2.45, 2.75) is 45.1 Å². The van der Waals surface area contributed by atoms with Crippen LogP contribution in [0.15, 0.2) is 10.7 Å². The Morgan fingerprint density at radius 3 is 2.94 bits per heavy atom. The van der Waals surface area contributed by atoms with Gasteiger partial charge in [-0.2, -0.15) is 4.98 Å². The molecule has 0 spiro atoms. The van der Waals surface area contributed by atoms with Gasteiger partial charge in [0.1, 0.15) is 5.82 Å². The second-order valence-corrected chi connectivity index (χ2v) is 5.59. The van der Waals surface area contributed by atoms with E-state index >= 15 is 0 Å². The standard InChI is InChI=1S/C12H20BrN5/c1-2-8-5-3-4-6-10(8)16-11-9(13)7-15-12(17-11)18-14/h7-8,10H,2-6,14H2,1H3,(H2,15,16,17,18). The molecule has 6 heteroatoms. The summed E-state index contributed by atoms with van der Waals surface area (Å²) in [7, 11) is 0. The van der Waals surface area contributed by atoms with Crippen LogP contribution in [0.1, 0.15) is 39.0 Å². The predicted molar refractivity (Wildman–Crippen MR) is 77.2 cm³/mol. The van der Waals surface area contributed by atoms with E-state index in [-0.39, 0.29) is 0 Å². The van der Waals surface area contributed by atoms with Crippen molar-refractivity contribution in [3.63, 3.8) is 0 Å². The molecule has 5 nitrogen and oxygen atoms in total. The van der Waals surface area contributed by atoms with Crippen molar-refractivity contribution in [1.29, 1.82) is 0 Å². The molecule has 0 radical (unpaired) electrons. The lowest BCUT2D eigenvalue weighted by Gasteiger charge is -2.32. The van der Waals surface area contributed by atoms with Crippen LogP contribution in [0.2, 0.25) is 0 Å². The molecule has 100 valence electrons. The fourth-order valence-electron chi connectivity index (χ4n) is 2.60. The summed E-state index contributed by atoms with van der Waals surface area (Å²) < 4.78 is 0.877. The molecule has 4 N–H and O–H groups in total. The molecule has 0 aromatic carbocycles. The maximum Gasteiger partial charge on any atom is 0.239 e. The Bertz CT molecular complexity index is 398. The van der Waals surface area contributed by atoms with Crippen LogP contribution in [0, 0.1) is 5.92 Å². The number of nitrogens with two attached hydrogens (primary N) is 1. The fourth-order valence-corrected chi connectivity index (χ4v) is 2.91. The number of nitrogens with one attached hydrogen (secondary N) is 2. The van der Waals surface area contributed by atoms with Gasteiger partial charge in [0, 0.05) is 12.2 Å². The van der Waals surface area contributed by atoms with E-state index in [1.807, 2.05) is 0 Å². The summed E-state index contributed by atoms with van der Waals surface area (Å²) in [6, 6.07) is 0.501. The summed E-state index contributed by atoms with van der Waals surface area (Å²) in [5.74, 6) is 7.33. The number of hydrazine groups is 1. The van der Waals surface area contributed by atoms with Crippen molar-refractivity contribution in [2.75, 3.05) is 10.7 Å². The number of halogens is 1. The third-order valence-corrected chi connectivity index (χ3v) is 4.21. The van der Waals surface area contributed by atoms with Crippen LogP contribution in [0.25, 0.3) is 0 Å². The summed E-state index contributed by atoms with van der Waals surface area (Å²) >= 11 is 3.47. The van der Waals surface area contributed by atoms with Crippen LogP contribution in [0.4, 0.5) is 11.8 Å². The average Bonchev–Trinajstić information content (AvgIpc) is 2.42. The van der Waals surface area contributed by atoms with Gasteiger partial charge >= 0.3 is 0 Å². The van der Waals surface area contributed by atoms with E-state index < -0.39 is 0 Å². The number of nitrogens with zero attached hydrogens (tertiary/aromatic N) is 2. The highest BCUT2D eigenvalue weighted by Crippen LogP contribution is 2.31. The van der Waals surface area contributed by atoms with E-state index in [1.54, 1.807) is 6.20 Å². The van der Waals surface area contributed by atoms with Gasteiger partial charge in [-0.15, -0.1) is 0 Å². The van der Waals surface area contributed by atoms with Gasteiger partial charge in [0.25, 0.3) is 0 Å². The summed E-state index contributed by atoms with van der Waals surface area (Å²) in [6.45, 7) is 2.26. The maximum absolute atomic E-state index is 5.34. The van der Waals surface area contributed by atoms with Gasteiger partial charge < -0.3 is 5.32 Å². The minimum atomic E-state index is 0.435. The predicted octanol–water partition coefficient (Wildman–Crippen LogP) is 2.91. The summed E-state index contributed by atoms with van der Waals surface area (Å²) in [5.41, 5.74) is 2.47. The topological polar surface area (TPSA) is 75.9 Å². The molecule has 0 amide bonds. The minimum absolute atomic E-state index is 0.435. The lowest BCUT2D eigenvalue weighted by molar-refractivity contribution is 0.316. The van der Waals surface area contributed by atoms with E-state index in [9.17, 15) is 0 Å². The molecule has 0 saturated heterocycles. The van der Waals surface area contributed by atoms with E-state index in [0.717, 1.165) is 16.2 Å². The van der Waals surface area contributed by atoms with Crippen molar-refractivity contribution in [2.24, 2.45) is 11.8 Å². The van der Waals surface area contributed by atoms with Crippen molar-refractivity contribution in [3.8, 4) is 0 Å². The lowest BCUT2D eigenvalue weighted by Crippen LogP contribution is -2.32. The molecule has 2 rings (SSSR count).